The predicted molar refractivity (Wildman–Crippen MR) is 115 cm³/mol. The van der Waals surface area contributed by atoms with Crippen LogP contribution in [0.1, 0.15) is 40.9 Å². The third kappa shape index (κ3) is 4.65. The molecule has 156 valence electrons. The number of carboxylic acids is 1. The van der Waals surface area contributed by atoms with Crippen LogP contribution in [-0.4, -0.2) is 50.7 Å². The maximum Gasteiger partial charge on any atom is 0.303 e. The van der Waals surface area contributed by atoms with E-state index in [0.29, 0.717) is 43.1 Å². The van der Waals surface area contributed by atoms with Crippen molar-refractivity contribution >= 4 is 35.8 Å². The van der Waals surface area contributed by atoms with Crippen molar-refractivity contribution in [3.05, 3.63) is 65.4 Å². The van der Waals surface area contributed by atoms with E-state index in [2.05, 4.69) is 15.3 Å². The highest BCUT2D eigenvalue weighted by Gasteiger charge is 2.30. The Labute approximate surface area is 180 Å². The zero-order valence-corrected chi connectivity index (χ0v) is 17.1. The first kappa shape index (κ1) is 21.4. The lowest BCUT2D eigenvalue weighted by Gasteiger charge is -2.30. The van der Waals surface area contributed by atoms with Crippen LogP contribution < -0.4 is 5.32 Å². The topological polar surface area (TPSA) is 108 Å². The Morgan fingerprint density at radius 3 is 2.87 bits per heavy atom. The molecule has 0 unspecified atom stereocenters. The van der Waals surface area contributed by atoms with Crippen LogP contribution in [0.5, 0.6) is 0 Å². The third-order valence-corrected chi connectivity index (χ3v) is 4.86. The number of anilines is 1. The summed E-state index contributed by atoms with van der Waals surface area (Å²) in [7, 11) is 0. The van der Waals surface area contributed by atoms with Gasteiger partial charge >= 0.3 is 5.97 Å². The number of fused-ring (bicyclic) bond motifs is 3. The minimum absolute atomic E-state index is 0. The molecular weight excluding hydrogens is 406 g/mol. The fraction of sp³-hybridized carbons (Fsp3) is 0.286. The van der Waals surface area contributed by atoms with Crippen molar-refractivity contribution < 1.29 is 14.7 Å². The molecule has 9 heteroatoms. The molecule has 2 aliphatic rings. The SMILES string of the molecule is Cl.O=C(O)CCCCc1ccc2c(n1)NC(=CC(=O)c1cccnc1)N1CCN=C21. The number of halogens is 1. The minimum Gasteiger partial charge on any atom is -0.481 e. The number of hydrogen-bond donors (Lipinski definition) is 2. The number of aliphatic carboxylic acids is 1. The molecule has 4 rings (SSSR count). The van der Waals surface area contributed by atoms with E-state index in [4.69, 9.17) is 10.1 Å². The zero-order chi connectivity index (χ0) is 20.2. The largest absolute Gasteiger partial charge is 0.481 e. The van der Waals surface area contributed by atoms with E-state index in [-0.39, 0.29) is 24.6 Å². The summed E-state index contributed by atoms with van der Waals surface area (Å²) in [6.45, 7) is 1.36. The molecule has 0 aliphatic carbocycles. The van der Waals surface area contributed by atoms with Crippen molar-refractivity contribution in [2.75, 3.05) is 18.4 Å². The average Bonchev–Trinajstić information content (AvgIpc) is 3.22. The van der Waals surface area contributed by atoms with Crippen LogP contribution in [0.25, 0.3) is 0 Å². The van der Waals surface area contributed by atoms with Gasteiger partial charge in [0, 0.05) is 42.7 Å². The second kappa shape index (κ2) is 9.49. The van der Waals surface area contributed by atoms with Crippen molar-refractivity contribution in [1.82, 2.24) is 14.9 Å². The van der Waals surface area contributed by atoms with Gasteiger partial charge in [-0.15, -0.1) is 12.4 Å². The molecule has 8 nitrogen and oxygen atoms in total. The van der Waals surface area contributed by atoms with Crippen molar-refractivity contribution in [3.63, 3.8) is 0 Å². The van der Waals surface area contributed by atoms with Crippen LogP contribution in [0, 0.1) is 0 Å². The van der Waals surface area contributed by atoms with Gasteiger partial charge in [0.1, 0.15) is 17.5 Å². The molecule has 2 N–H and O–H groups in total. The number of aromatic nitrogens is 2. The summed E-state index contributed by atoms with van der Waals surface area (Å²) in [4.78, 5) is 38.5. The second-order valence-electron chi connectivity index (χ2n) is 6.92. The first-order chi connectivity index (χ1) is 14.1. The van der Waals surface area contributed by atoms with E-state index in [9.17, 15) is 9.59 Å². The monoisotopic (exact) mass is 427 g/mol. The maximum atomic E-state index is 12.6. The number of hydrogen-bond acceptors (Lipinski definition) is 7. The molecule has 30 heavy (non-hydrogen) atoms. The fourth-order valence-corrected chi connectivity index (χ4v) is 3.43. The summed E-state index contributed by atoms with van der Waals surface area (Å²) in [5, 5.41) is 12.0. The lowest BCUT2D eigenvalue weighted by atomic mass is 10.1. The average molecular weight is 428 g/mol. The van der Waals surface area contributed by atoms with Crippen molar-refractivity contribution in [2.45, 2.75) is 25.7 Å². The van der Waals surface area contributed by atoms with Gasteiger partial charge in [0.15, 0.2) is 5.78 Å². The van der Waals surface area contributed by atoms with E-state index in [0.717, 1.165) is 23.5 Å². The van der Waals surface area contributed by atoms with Crippen LogP contribution in [0.3, 0.4) is 0 Å². The Morgan fingerprint density at radius 2 is 2.10 bits per heavy atom. The predicted octanol–water partition coefficient (Wildman–Crippen LogP) is 2.91. The molecule has 0 bridgehead atoms. The smallest absolute Gasteiger partial charge is 0.303 e. The summed E-state index contributed by atoms with van der Waals surface area (Å²) in [5.74, 6) is 1.22. The summed E-state index contributed by atoms with van der Waals surface area (Å²) in [5.41, 5.74) is 2.31. The molecule has 2 aliphatic heterocycles. The number of carbonyl (C=O) groups excluding carboxylic acids is 1. The van der Waals surface area contributed by atoms with E-state index < -0.39 is 5.97 Å². The number of carboxylic acid groups (broad SMARTS) is 1. The Hall–Kier alpha value is -3.26. The first-order valence-electron chi connectivity index (χ1n) is 9.59. The van der Waals surface area contributed by atoms with Gasteiger partial charge < -0.3 is 15.3 Å². The number of carbonyl (C=O) groups is 2. The Morgan fingerprint density at radius 1 is 1.23 bits per heavy atom. The lowest BCUT2D eigenvalue weighted by Crippen LogP contribution is -2.37. The normalized spacial score (nSPS) is 15.5. The number of unbranched alkanes of at least 4 members (excludes halogenated alkanes) is 1. The molecule has 0 amide bonds. The molecule has 0 saturated heterocycles. The summed E-state index contributed by atoms with van der Waals surface area (Å²) in [6, 6.07) is 7.40. The first-order valence-corrected chi connectivity index (χ1v) is 9.59. The summed E-state index contributed by atoms with van der Waals surface area (Å²) < 4.78 is 0. The Bertz CT molecular complexity index is 1010. The van der Waals surface area contributed by atoms with Crippen molar-refractivity contribution in [1.29, 1.82) is 0 Å². The van der Waals surface area contributed by atoms with Crippen LogP contribution >= 0.6 is 12.4 Å². The third-order valence-electron chi connectivity index (χ3n) is 4.86. The van der Waals surface area contributed by atoms with Crippen LogP contribution in [0.15, 0.2) is 53.5 Å². The van der Waals surface area contributed by atoms with Gasteiger partial charge in [0.2, 0.25) is 0 Å². The van der Waals surface area contributed by atoms with E-state index in [1.165, 1.54) is 0 Å². The van der Waals surface area contributed by atoms with E-state index in [1.807, 2.05) is 17.0 Å². The Kier molecular flexibility index (Phi) is 6.79. The molecule has 2 aromatic heterocycles. The molecule has 2 aromatic rings. The number of aliphatic imine (C=N–C) groups is 1. The highest BCUT2D eigenvalue weighted by atomic mass is 35.5. The van der Waals surface area contributed by atoms with E-state index in [1.54, 1.807) is 30.6 Å². The number of aryl methyl sites for hydroxylation is 1. The van der Waals surface area contributed by atoms with Gasteiger partial charge in [-0.1, -0.05) is 0 Å². The second-order valence-corrected chi connectivity index (χ2v) is 6.92. The maximum absolute atomic E-state index is 12.6. The van der Waals surface area contributed by atoms with Crippen molar-refractivity contribution in [3.8, 4) is 0 Å². The number of rotatable bonds is 7. The van der Waals surface area contributed by atoms with E-state index >= 15 is 0 Å². The van der Waals surface area contributed by atoms with Crippen LogP contribution in [0.4, 0.5) is 5.82 Å². The molecule has 0 aromatic carbocycles. The number of amidine groups is 1. The molecular formula is C21H22ClN5O3. The Balaban J connectivity index is 0.00000256. The molecule has 0 atom stereocenters. The molecule has 0 spiro atoms. The van der Waals surface area contributed by atoms with Crippen LogP contribution in [0.2, 0.25) is 0 Å². The van der Waals surface area contributed by atoms with Gasteiger partial charge in [-0.3, -0.25) is 19.6 Å². The highest BCUT2D eigenvalue weighted by molar-refractivity contribution is 6.09. The molecule has 0 fully saturated rings. The van der Waals surface area contributed by atoms with Gasteiger partial charge in [-0.05, 0) is 43.5 Å². The molecule has 0 radical (unpaired) electrons. The standard InChI is InChI=1S/C21H21N5O3.ClH/c27-17(14-4-3-9-22-13-14)12-18-25-20-16(21-23-10-11-26(18)21)8-7-15(24-20)5-1-2-6-19(28)29;/h3-4,7-9,12-13H,1-2,5-6,10-11H2,(H,24,25)(H,28,29);1H. The fourth-order valence-electron chi connectivity index (χ4n) is 3.43. The van der Waals surface area contributed by atoms with Gasteiger partial charge in [-0.25, -0.2) is 4.98 Å². The molecule has 0 saturated carbocycles. The van der Waals surface area contributed by atoms with Gasteiger partial charge in [-0.2, -0.15) is 0 Å². The zero-order valence-electron chi connectivity index (χ0n) is 16.2. The van der Waals surface area contributed by atoms with Gasteiger partial charge in [0.25, 0.3) is 0 Å². The van der Waals surface area contributed by atoms with Gasteiger partial charge in [0.05, 0.1) is 12.1 Å². The number of pyridine rings is 2. The number of allylic oxidation sites excluding steroid dienone is 1. The lowest BCUT2D eigenvalue weighted by molar-refractivity contribution is -0.137. The summed E-state index contributed by atoms with van der Waals surface area (Å²) in [6.07, 6.45) is 6.97. The quantitative estimate of drug-likeness (QED) is 0.397. The number of nitrogens with zero attached hydrogens (tertiary/aromatic N) is 4. The number of nitrogens with one attached hydrogen (secondary N) is 1. The van der Waals surface area contributed by atoms with Crippen LogP contribution in [-0.2, 0) is 11.2 Å². The minimum atomic E-state index is -0.780. The molecule has 4 heterocycles. The number of ketones is 1. The summed E-state index contributed by atoms with van der Waals surface area (Å²) >= 11 is 0. The van der Waals surface area contributed by atoms with Crippen molar-refractivity contribution in [2.24, 2.45) is 4.99 Å². The highest BCUT2D eigenvalue weighted by Crippen LogP contribution is 2.29.